The van der Waals surface area contributed by atoms with Crippen LogP contribution in [0.3, 0.4) is 0 Å². The Hall–Kier alpha value is -3.75. The molecule has 0 radical (unpaired) electrons. The van der Waals surface area contributed by atoms with Crippen molar-refractivity contribution in [3.8, 4) is 0 Å². The number of esters is 1. The van der Waals surface area contributed by atoms with E-state index in [4.69, 9.17) is 16.3 Å². The first-order chi connectivity index (χ1) is 14.8. The summed E-state index contributed by atoms with van der Waals surface area (Å²) in [5, 5.41) is 24.8. The van der Waals surface area contributed by atoms with E-state index < -0.39 is 34.7 Å². The molecule has 0 atom stereocenters. The molecule has 3 aromatic carbocycles. The molecule has 8 nitrogen and oxygen atoms in total. The van der Waals surface area contributed by atoms with Gasteiger partial charge in [-0.05, 0) is 23.3 Å². The highest BCUT2D eigenvalue weighted by Gasteiger charge is 2.41. The second-order valence-corrected chi connectivity index (χ2v) is 6.92. The molecular weight excluding hydrogens is 424 g/mol. The summed E-state index contributed by atoms with van der Waals surface area (Å²) < 4.78 is 5.08. The molecule has 0 unspecified atom stereocenters. The molecule has 3 rings (SSSR count). The number of nitro benzene ring substituents is 1. The van der Waals surface area contributed by atoms with Gasteiger partial charge in [-0.25, -0.2) is 4.79 Å². The number of aliphatic hydroxyl groups is 1. The highest BCUT2D eigenvalue weighted by atomic mass is 35.5. The summed E-state index contributed by atoms with van der Waals surface area (Å²) in [5.41, 5.74) is -2.12. The topological polar surface area (TPSA) is 119 Å². The molecule has 0 aliphatic rings. The molecule has 0 aliphatic heterocycles. The second kappa shape index (κ2) is 9.38. The maximum absolute atomic E-state index is 12.9. The second-order valence-electron chi connectivity index (χ2n) is 6.49. The van der Waals surface area contributed by atoms with Gasteiger partial charge in [0.25, 0.3) is 11.6 Å². The number of nitrogens with one attached hydrogen (secondary N) is 1. The summed E-state index contributed by atoms with van der Waals surface area (Å²) in [7, 11) is 0. The van der Waals surface area contributed by atoms with Crippen LogP contribution < -0.4 is 5.32 Å². The molecule has 0 heterocycles. The lowest BCUT2D eigenvalue weighted by molar-refractivity contribution is -0.383. The lowest BCUT2D eigenvalue weighted by Gasteiger charge is -2.26. The van der Waals surface area contributed by atoms with Gasteiger partial charge in [0.15, 0.2) is 6.61 Å². The van der Waals surface area contributed by atoms with Crippen LogP contribution in [0.2, 0.25) is 5.02 Å². The molecule has 0 bridgehead atoms. The summed E-state index contributed by atoms with van der Waals surface area (Å²) >= 11 is 5.75. The van der Waals surface area contributed by atoms with Gasteiger partial charge in [0.1, 0.15) is 5.69 Å². The number of ether oxygens (including phenoxy) is 1. The Bertz CT molecular complexity index is 1070. The number of anilines is 1. The Balaban J connectivity index is 1.78. The molecule has 0 fully saturated rings. The van der Waals surface area contributed by atoms with Crippen LogP contribution >= 0.6 is 11.6 Å². The van der Waals surface area contributed by atoms with Crippen molar-refractivity contribution in [3.05, 3.63) is 105 Å². The predicted octanol–water partition coefficient (Wildman–Crippen LogP) is 3.67. The Morgan fingerprint density at radius 1 is 1.00 bits per heavy atom. The van der Waals surface area contributed by atoms with Gasteiger partial charge in [-0.1, -0.05) is 72.3 Å². The fourth-order valence-electron chi connectivity index (χ4n) is 2.94. The number of nitro groups is 1. The average molecular weight is 441 g/mol. The third kappa shape index (κ3) is 4.88. The van der Waals surface area contributed by atoms with Crippen molar-refractivity contribution in [2.45, 2.75) is 5.60 Å². The Labute approximate surface area is 182 Å². The van der Waals surface area contributed by atoms with E-state index in [-0.39, 0.29) is 21.8 Å². The molecule has 0 saturated carbocycles. The number of carbonyl (C=O) groups is 2. The van der Waals surface area contributed by atoms with E-state index in [1.165, 1.54) is 12.1 Å². The van der Waals surface area contributed by atoms with Gasteiger partial charge < -0.3 is 15.2 Å². The van der Waals surface area contributed by atoms with E-state index in [9.17, 15) is 24.8 Å². The van der Waals surface area contributed by atoms with Gasteiger partial charge in [0.2, 0.25) is 5.60 Å². The molecule has 3 aromatic rings. The molecule has 2 N–H and O–H groups in total. The van der Waals surface area contributed by atoms with Crippen LogP contribution in [0.25, 0.3) is 0 Å². The van der Waals surface area contributed by atoms with E-state index in [1.54, 1.807) is 60.7 Å². The number of rotatable bonds is 7. The molecule has 1 amide bonds. The lowest BCUT2D eigenvalue weighted by atomic mass is 9.86. The summed E-state index contributed by atoms with van der Waals surface area (Å²) in [5.74, 6) is -1.88. The van der Waals surface area contributed by atoms with Gasteiger partial charge in [0, 0.05) is 11.1 Å². The minimum absolute atomic E-state index is 0.100. The number of carbonyl (C=O) groups excluding carboxylic acids is 2. The van der Waals surface area contributed by atoms with Gasteiger partial charge in [0.05, 0.1) is 4.92 Å². The van der Waals surface area contributed by atoms with Crippen molar-refractivity contribution < 1.29 is 24.4 Å². The molecule has 158 valence electrons. The maximum atomic E-state index is 12.9. The number of hydrogen-bond donors (Lipinski definition) is 2. The molecular formula is C22H17ClN2O6. The van der Waals surface area contributed by atoms with Gasteiger partial charge >= 0.3 is 5.97 Å². The largest absolute Gasteiger partial charge is 0.453 e. The zero-order chi connectivity index (χ0) is 22.4. The standard InChI is InChI=1S/C22H17ClN2O6/c23-17-11-12-18(19(13-17)25(29)30)24-20(26)14-31-21(27)22(28,15-7-3-1-4-8-15)16-9-5-2-6-10-16/h1-13,28H,14H2,(H,24,26). The molecule has 31 heavy (non-hydrogen) atoms. The van der Waals surface area contributed by atoms with Crippen molar-refractivity contribution in [1.29, 1.82) is 0 Å². The average Bonchev–Trinajstić information content (AvgIpc) is 2.79. The number of hydrogen-bond acceptors (Lipinski definition) is 6. The van der Waals surface area contributed by atoms with E-state index in [2.05, 4.69) is 5.32 Å². The van der Waals surface area contributed by atoms with Crippen molar-refractivity contribution in [2.75, 3.05) is 11.9 Å². The first kappa shape index (κ1) is 21.9. The van der Waals surface area contributed by atoms with E-state index in [1.807, 2.05) is 0 Å². The number of halogens is 1. The fraction of sp³-hybridized carbons (Fsp3) is 0.0909. The molecule has 0 aromatic heterocycles. The van der Waals surface area contributed by atoms with Gasteiger partial charge in [-0.3, -0.25) is 14.9 Å². The highest BCUT2D eigenvalue weighted by molar-refractivity contribution is 6.31. The lowest BCUT2D eigenvalue weighted by Crippen LogP contribution is -2.39. The van der Waals surface area contributed by atoms with Crippen molar-refractivity contribution in [3.63, 3.8) is 0 Å². The van der Waals surface area contributed by atoms with Crippen LogP contribution in [0.5, 0.6) is 0 Å². The summed E-state index contributed by atoms with van der Waals surface area (Å²) in [4.78, 5) is 35.6. The quantitative estimate of drug-likeness (QED) is 0.328. The predicted molar refractivity (Wildman–Crippen MR) is 114 cm³/mol. The van der Waals surface area contributed by atoms with E-state index in [0.717, 1.165) is 6.07 Å². The first-order valence-corrected chi connectivity index (χ1v) is 9.44. The Kier molecular flexibility index (Phi) is 6.64. The smallest absolute Gasteiger partial charge is 0.348 e. The van der Waals surface area contributed by atoms with Crippen LogP contribution in [0, 0.1) is 10.1 Å². The van der Waals surface area contributed by atoms with E-state index in [0.29, 0.717) is 0 Å². The maximum Gasteiger partial charge on any atom is 0.348 e. The van der Waals surface area contributed by atoms with Crippen molar-refractivity contribution in [2.24, 2.45) is 0 Å². The molecule has 0 spiro atoms. The summed E-state index contributed by atoms with van der Waals surface area (Å²) in [6.45, 7) is -0.763. The zero-order valence-electron chi connectivity index (χ0n) is 16.0. The van der Waals surface area contributed by atoms with Gasteiger partial charge in [-0.15, -0.1) is 0 Å². The summed E-state index contributed by atoms with van der Waals surface area (Å²) in [6.07, 6.45) is 0. The third-order valence-corrected chi connectivity index (χ3v) is 4.68. The Morgan fingerprint density at radius 2 is 1.55 bits per heavy atom. The molecule has 9 heteroatoms. The number of amides is 1. The third-order valence-electron chi connectivity index (χ3n) is 4.44. The fourth-order valence-corrected chi connectivity index (χ4v) is 3.11. The van der Waals surface area contributed by atoms with Crippen molar-refractivity contribution >= 4 is 34.9 Å². The minimum Gasteiger partial charge on any atom is -0.453 e. The molecule has 0 saturated heterocycles. The van der Waals surface area contributed by atoms with Crippen LogP contribution in [0.4, 0.5) is 11.4 Å². The highest BCUT2D eigenvalue weighted by Crippen LogP contribution is 2.31. The minimum atomic E-state index is -2.14. The molecule has 0 aliphatic carbocycles. The Morgan fingerprint density at radius 3 is 2.06 bits per heavy atom. The van der Waals surface area contributed by atoms with E-state index >= 15 is 0 Å². The monoisotopic (exact) mass is 440 g/mol. The van der Waals surface area contributed by atoms with Crippen LogP contribution in [-0.4, -0.2) is 28.5 Å². The first-order valence-electron chi connectivity index (χ1n) is 9.07. The SMILES string of the molecule is O=C(COC(=O)C(O)(c1ccccc1)c1ccccc1)Nc1ccc(Cl)cc1[N+](=O)[O-]. The van der Waals surface area contributed by atoms with Crippen molar-refractivity contribution in [1.82, 2.24) is 0 Å². The van der Waals surface area contributed by atoms with Crippen LogP contribution in [0.1, 0.15) is 11.1 Å². The zero-order valence-corrected chi connectivity index (χ0v) is 16.8. The van der Waals surface area contributed by atoms with Gasteiger partial charge in [-0.2, -0.15) is 0 Å². The summed E-state index contributed by atoms with van der Waals surface area (Å²) in [6, 6.07) is 20.1. The number of benzene rings is 3. The van der Waals surface area contributed by atoms with Crippen LogP contribution in [0.15, 0.2) is 78.9 Å². The normalized spacial score (nSPS) is 10.9. The number of nitrogens with zero attached hydrogens (tertiary/aromatic N) is 1. The van der Waals surface area contributed by atoms with Crippen LogP contribution in [-0.2, 0) is 19.9 Å².